The minimum Gasteiger partial charge on any atom is -0.447 e. The van der Waals surface area contributed by atoms with Crippen LogP contribution in [0.4, 0.5) is 10.5 Å². The van der Waals surface area contributed by atoms with Gasteiger partial charge in [-0.15, -0.1) is 0 Å². The lowest BCUT2D eigenvalue weighted by Crippen LogP contribution is -2.55. The molecular formula is C18H25N3O6S. The summed E-state index contributed by atoms with van der Waals surface area (Å²) < 4.78 is 32.7. The number of anilines is 1. The molecule has 1 aromatic carbocycles. The minimum atomic E-state index is -2.16. The zero-order valence-corrected chi connectivity index (χ0v) is 16.5. The molecule has 28 heavy (non-hydrogen) atoms. The monoisotopic (exact) mass is 411 g/mol. The third-order valence-electron chi connectivity index (χ3n) is 4.90. The Labute approximate surface area is 166 Å². The van der Waals surface area contributed by atoms with Crippen molar-refractivity contribution in [2.45, 2.75) is 31.9 Å². The van der Waals surface area contributed by atoms with E-state index in [1.807, 2.05) is 6.92 Å². The first kappa shape index (κ1) is 20.6. The summed E-state index contributed by atoms with van der Waals surface area (Å²) in [5.41, 5.74) is 0.930. The van der Waals surface area contributed by atoms with E-state index in [9.17, 15) is 13.8 Å². The van der Waals surface area contributed by atoms with Gasteiger partial charge in [-0.1, -0.05) is 0 Å². The molecule has 2 aliphatic rings. The van der Waals surface area contributed by atoms with Gasteiger partial charge in [0, 0.05) is 43.5 Å². The second-order valence-corrected chi connectivity index (χ2v) is 7.64. The Morgan fingerprint density at radius 3 is 2.68 bits per heavy atom. The van der Waals surface area contributed by atoms with Gasteiger partial charge in [0.15, 0.2) is 0 Å². The van der Waals surface area contributed by atoms with Crippen LogP contribution in [0.15, 0.2) is 24.3 Å². The van der Waals surface area contributed by atoms with Crippen molar-refractivity contribution < 1.29 is 27.8 Å². The predicted octanol–water partition coefficient (Wildman–Crippen LogP) is 1.70. The summed E-state index contributed by atoms with van der Waals surface area (Å²) in [6.07, 6.45) is 1.52. The molecule has 2 heterocycles. The Morgan fingerprint density at radius 1 is 1.32 bits per heavy atom. The lowest BCUT2D eigenvalue weighted by molar-refractivity contribution is 0.0160. The quantitative estimate of drug-likeness (QED) is 0.714. The third-order valence-corrected chi connectivity index (χ3v) is 5.31. The van der Waals surface area contributed by atoms with Gasteiger partial charge in [-0.25, -0.2) is 9.00 Å². The van der Waals surface area contributed by atoms with Crippen LogP contribution in [0.3, 0.4) is 0 Å². The van der Waals surface area contributed by atoms with E-state index in [0.29, 0.717) is 30.9 Å². The first-order valence-corrected chi connectivity index (χ1v) is 10.4. The van der Waals surface area contributed by atoms with Crippen molar-refractivity contribution in [2.75, 3.05) is 37.6 Å². The molecule has 2 amide bonds. The van der Waals surface area contributed by atoms with Gasteiger partial charge in [-0.3, -0.25) is 14.1 Å². The van der Waals surface area contributed by atoms with Crippen LogP contribution >= 0.6 is 0 Å². The molecule has 2 unspecified atom stereocenters. The molecule has 2 N–H and O–H groups in total. The Kier molecular flexibility index (Phi) is 6.87. The number of hydrogen-bond donors (Lipinski definition) is 2. The first-order valence-electron chi connectivity index (χ1n) is 9.26. The summed E-state index contributed by atoms with van der Waals surface area (Å²) in [4.78, 5) is 28.4. The highest BCUT2D eigenvalue weighted by molar-refractivity contribution is 7.80. The molecule has 0 saturated carbocycles. The molecule has 0 radical (unpaired) electrons. The summed E-state index contributed by atoms with van der Waals surface area (Å²) in [6, 6.07) is 6.20. The Hall–Kier alpha value is -2.17. The number of ether oxygens (including phenoxy) is 2. The summed E-state index contributed by atoms with van der Waals surface area (Å²) >= 11 is -2.16. The maximum Gasteiger partial charge on any atom is 0.409 e. The van der Waals surface area contributed by atoms with E-state index < -0.39 is 11.3 Å². The highest BCUT2D eigenvalue weighted by Crippen LogP contribution is 2.18. The van der Waals surface area contributed by atoms with Gasteiger partial charge in [0.2, 0.25) is 0 Å². The third kappa shape index (κ3) is 5.21. The van der Waals surface area contributed by atoms with Crippen LogP contribution in [0.5, 0.6) is 0 Å². The molecule has 0 bridgehead atoms. The van der Waals surface area contributed by atoms with E-state index in [-0.39, 0.29) is 30.8 Å². The number of carbonyl (C=O) groups excluding carboxylic acids is 2. The van der Waals surface area contributed by atoms with Crippen molar-refractivity contribution >= 4 is 29.0 Å². The second kappa shape index (κ2) is 9.35. The van der Waals surface area contributed by atoms with Crippen molar-refractivity contribution in [1.29, 1.82) is 0 Å². The van der Waals surface area contributed by atoms with Crippen LogP contribution in [0.1, 0.15) is 30.1 Å². The molecule has 154 valence electrons. The maximum atomic E-state index is 12.8. The van der Waals surface area contributed by atoms with Crippen LogP contribution in [0.2, 0.25) is 0 Å². The van der Waals surface area contributed by atoms with E-state index in [0.717, 1.165) is 19.4 Å². The molecule has 2 fully saturated rings. The van der Waals surface area contributed by atoms with Gasteiger partial charge in [-0.05, 0) is 44.0 Å². The van der Waals surface area contributed by atoms with Gasteiger partial charge < -0.3 is 19.3 Å². The van der Waals surface area contributed by atoms with Crippen LogP contribution in [-0.4, -0.2) is 75.6 Å². The molecule has 9 nitrogen and oxygen atoms in total. The van der Waals surface area contributed by atoms with Crippen LogP contribution < -0.4 is 4.72 Å². The van der Waals surface area contributed by atoms with Gasteiger partial charge in [0.25, 0.3) is 17.2 Å². The van der Waals surface area contributed by atoms with Crippen molar-refractivity contribution in [1.82, 2.24) is 9.80 Å². The van der Waals surface area contributed by atoms with Crippen LogP contribution in [0, 0.1) is 0 Å². The van der Waals surface area contributed by atoms with Crippen molar-refractivity contribution in [2.24, 2.45) is 0 Å². The fraction of sp³-hybridized carbons (Fsp3) is 0.556. The number of piperazine rings is 1. The topological polar surface area (TPSA) is 108 Å². The number of nitrogens with one attached hydrogen (secondary N) is 1. The SMILES string of the molecule is C[C@@H]1CN(C(=O)OCC2CCCO2)CCN1C(=O)c1ccc(NS(=O)O)cc1. The molecule has 3 rings (SSSR count). The lowest BCUT2D eigenvalue weighted by Gasteiger charge is -2.39. The Balaban J connectivity index is 1.51. The average Bonchev–Trinajstić information content (AvgIpc) is 3.19. The number of rotatable bonds is 5. The van der Waals surface area contributed by atoms with E-state index in [1.54, 1.807) is 34.1 Å². The second-order valence-electron chi connectivity index (χ2n) is 6.93. The summed E-state index contributed by atoms with van der Waals surface area (Å²) in [5, 5.41) is 0. The smallest absolute Gasteiger partial charge is 0.409 e. The Morgan fingerprint density at radius 2 is 2.07 bits per heavy atom. The highest BCUT2D eigenvalue weighted by Gasteiger charge is 2.31. The van der Waals surface area contributed by atoms with Crippen molar-refractivity contribution in [3.05, 3.63) is 29.8 Å². The molecule has 0 spiro atoms. The fourth-order valence-corrected chi connectivity index (χ4v) is 3.74. The lowest BCUT2D eigenvalue weighted by atomic mass is 10.1. The van der Waals surface area contributed by atoms with Gasteiger partial charge in [0.1, 0.15) is 6.61 Å². The first-order chi connectivity index (χ1) is 13.4. The summed E-state index contributed by atoms with van der Waals surface area (Å²) in [5.74, 6) is -0.142. The number of hydrogen-bond acceptors (Lipinski definition) is 5. The molecular weight excluding hydrogens is 386 g/mol. The molecule has 0 aromatic heterocycles. The maximum absolute atomic E-state index is 12.8. The van der Waals surface area contributed by atoms with Crippen LogP contribution in [-0.2, 0) is 20.7 Å². The molecule has 0 aliphatic carbocycles. The van der Waals surface area contributed by atoms with Crippen LogP contribution in [0.25, 0.3) is 0 Å². The van der Waals surface area contributed by atoms with Crippen molar-refractivity contribution in [3.63, 3.8) is 0 Å². The summed E-state index contributed by atoms with van der Waals surface area (Å²) in [7, 11) is 0. The number of nitrogens with zero attached hydrogens (tertiary/aromatic N) is 2. The largest absolute Gasteiger partial charge is 0.447 e. The number of amides is 2. The molecule has 2 aliphatic heterocycles. The van der Waals surface area contributed by atoms with E-state index in [2.05, 4.69) is 4.72 Å². The molecule has 1 aromatic rings. The zero-order valence-electron chi connectivity index (χ0n) is 15.7. The van der Waals surface area contributed by atoms with E-state index in [4.69, 9.17) is 14.0 Å². The average molecular weight is 411 g/mol. The normalized spacial score (nSPS) is 23.4. The van der Waals surface area contributed by atoms with Gasteiger partial charge in [-0.2, -0.15) is 0 Å². The predicted molar refractivity (Wildman–Crippen MR) is 103 cm³/mol. The minimum absolute atomic E-state index is 0.00929. The Bertz CT molecular complexity index is 723. The van der Waals surface area contributed by atoms with E-state index in [1.165, 1.54) is 0 Å². The summed E-state index contributed by atoms with van der Waals surface area (Å²) in [6.45, 7) is 4.10. The highest BCUT2D eigenvalue weighted by atomic mass is 32.2. The zero-order chi connectivity index (χ0) is 20.1. The standard InChI is InChI=1S/C18H25N3O6S/c1-13-11-20(18(23)27-12-16-3-2-10-26-16)8-9-21(13)17(22)14-4-6-15(7-5-14)19-28(24)25/h4-7,13,16,19H,2-3,8-12H2,1H3,(H,24,25)/t13-,16?/m1/s1. The molecule has 10 heteroatoms. The number of benzene rings is 1. The van der Waals surface area contributed by atoms with Gasteiger partial charge in [0.05, 0.1) is 6.10 Å². The molecule has 2 saturated heterocycles. The van der Waals surface area contributed by atoms with Crippen molar-refractivity contribution in [3.8, 4) is 0 Å². The number of carbonyl (C=O) groups is 2. The fourth-order valence-electron chi connectivity index (χ4n) is 3.40. The van der Waals surface area contributed by atoms with Gasteiger partial charge >= 0.3 is 6.09 Å². The van der Waals surface area contributed by atoms with E-state index >= 15 is 0 Å². The molecule has 3 atom stereocenters.